The number of nitrogens with zero attached hydrogens (tertiary/aromatic N) is 5. The van der Waals surface area contributed by atoms with Gasteiger partial charge < -0.3 is 10.3 Å². The first-order valence-electron chi connectivity index (χ1n) is 7.12. The minimum absolute atomic E-state index is 0.0467. The third kappa shape index (κ3) is 3.03. The molecule has 0 amide bonds. The molecule has 1 saturated carbocycles. The number of nitro groups is 1. The molecule has 2 aliphatic rings. The summed E-state index contributed by atoms with van der Waals surface area (Å²) in [5.41, 5.74) is 2.11. The van der Waals surface area contributed by atoms with Gasteiger partial charge in [-0.3, -0.25) is 15.0 Å². The number of aromatic nitrogens is 2. The Labute approximate surface area is 122 Å². The molecule has 2 heterocycles. The van der Waals surface area contributed by atoms with Crippen LogP contribution in [0.15, 0.2) is 6.33 Å². The van der Waals surface area contributed by atoms with Gasteiger partial charge in [-0.25, -0.2) is 15.8 Å². The van der Waals surface area contributed by atoms with E-state index < -0.39 is 4.92 Å². The zero-order chi connectivity index (χ0) is 14.8. The highest BCUT2D eigenvalue weighted by molar-refractivity contribution is 5.70. The van der Waals surface area contributed by atoms with Crippen LogP contribution in [0.25, 0.3) is 0 Å². The normalized spacial score (nSPS) is 19.6. The lowest BCUT2D eigenvalue weighted by Crippen LogP contribution is -2.47. The van der Waals surface area contributed by atoms with Crippen LogP contribution in [0.1, 0.15) is 12.8 Å². The van der Waals surface area contributed by atoms with E-state index in [-0.39, 0.29) is 11.5 Å². The molecule has 0 aromatic carbocycles. The summed E-state index contributed by atoms with van der Waals surface area (Å²) in [5, 5.41) is 11.3. The van der Waals surface area contributed by atoms with Crippen molar-refractivity contribution in [1.82, 2.24) is 14.9 Å². The number of nitrogens with two attached hydrogens (primary N) is 1. The molecule has 0 atom stereocenters. The fourth-order valence-electron chi connectivity index (χ4n) is 2.68. The molecule has 0 unspecified atom stereocenters. The van der Waals surface area contributed by atoms with Crippen LogP contribution < -0.4 is 16.2 Å². The van der Waals surface area contributed by atoms with Gasteiger partial charge in [0.25, 0.3) is 0 Å². The molecular weight excluding hydrogens is 274 g/mol. The Morgan fingerprint density at radius 2 is 2.05 bits per heavy atom. The van der Waals surface area contributed by atoms with E-state index in [1.165, 1.54) is 19.2 Å². The van der Waals surface area contributed by atoms with Crippen molar-refractivity contribution in [1.29, 1.82) is 0 Å². The van der Waals surface area contributed by atoms with E-state index in [9.17, 15) is 10.1 Å². The van der Waals surface area contributed by atoms with Crippen LogP contribution in [0, 0.1) is 16.0 Å². The highest BCUT2D eigenvalue weighted by atomic mass is 16.6. The van der Waals surface area contributed by atoms with E-state index >= 15 is 0 Å². The van der Waals surface area contributed by atoms with E-state index in [2.05, 4.69) is 20.3 Å². The van der Waals surface area contributed by atoms with E-state index in [0.717, 1.165) is 38.6 Å². The second-order valence-electron chi connectivity index (χ2n) is 5.53. The van der Waals surface area contributed by atoms with Crippen LogP contribution >= 0.6 is 0 Å². The third-order valence-electron chi connectivity index (χ3n) is 4.01. The second kappa shape index (κ2) is 5.78. The smallest absolute Gasteiger partial charge is 0.348 e. The maximum absolute atomic E-state index is 11.3. The van der Waals surface area contributed by atoms with Gasteiger partial charge in [0.2, 0.25) is 11.6 Å². The number of nitrogens with one attached hydrogen (secondary N) is 1. The highest BCUT2D eigenvalue weighted by Crippen LogP contribution is 2.33. The zero-order valence-electron chi connectivity index (χ0n) is 11.7. The fourth-order valence-corrected chi connectivity index (χ4v) is 2.68. The predicted octanol–water partition coefficient (Wildman–Crippen LogP) is 0.202. The number of piperazine rings is 1. The molecule has 1 aromatic rings. The Kier molecular flexibility index (Phi) is 3.84. The summed E-state index contributed by atoms with van der Waals surface area (Å²) < 4.78 is 0. The molecule has 114 valence electrons. The van der Waals surface area contributed by atoms with Crippen molar-refractivity contribution in [2.24, 2.45) is 11.8 Å². The summed E-state index contributed by atoms with van der Waals surface area (Å²) in [6.07, 6.45) is 3.97. The second-order valence-corrected chi connectivity index (χ2v) is 5.53. The molecule has 1 aromatic heterocycles. The van der Waals surface area contributed by atoms with Gasteiger partial charge in [0.05, 0.1) is 4.92 Å². The van der Waals surface area contributed by atoms with Crippen molar-refractivity contribution in [2.75, 3.05) is 43.0 Å². The molecule has 1 aliphatic heterocycles. The van der Waals surface area contributed by atoms with Crippen LogP contribution in [0.3, 0.4) is 0 Å². The van der Waals surface area contributed by atoms with Crippen LogP contribution in [0.4, 0.5) is 17.3 Å². The monoisotopic (exact) mass is 293 g/mol. The lowest BCUT2D eigenvalue weighted by atomic mass is 10.2. The van der Waals surface area contributed by atoms with Crippen molar-refractivity contribution in [2.45, 2.75) is 12.8 Å². The Hall–Kier alpha value is -2.00. The van der Waals surface area contributed by atoms with E-state index in [0.29, 0.717) is 5.82 Å². The molecule has 9 heteroatoms. The largest absolute Gasteiger partial charge is 0.354 e. The van der Waals surface area contributed by atoms with Gasteiger partial charge in [-0.1, -0.05) is 0 Å². The Balaban J connectivity index is 1.73. The first-order chi connectivity index (χ1) is 10.2. The van der Waals surface area contributed by atoms with E-state index in [1.54, 1.807) is 0 Å². The van der Waals surface area contributed by atoms with Crippen LogP contribution in [0.2, 0.25) is 0 Å². The first-order valence-corrected chi connectivity index (χ1v) is 7.12. The van der Waals surface area contributed by atoms with Crippen LogP contribution in [-0.2, 0) is 0 Å². The summed E-state index contributed by atoms with van der Waals surface area (Å²) in [5.74, 6) is 6.55. The molecule has 0 spiro atoms. The molecule has 9 nitrogen and oxygen atoms in total. The van der Waals surface area contributed by atoms with Crippen LogP contribution in [-0.4, -0.2) is 52.5 Å². The molecule has 1 saturated heterocycles. The molecule has 1 aliphatic carbocycles. The van der Waals surface area contributed by atoms with Gasteiger partial charge in [0, 0.05) is 32.7 Å². The molecule has 2 fully saturated rings. The van der Waals surface area contributed by atoms with Gasteiger partial charge >= 0.3 is 5.69 Å². The van der Waals surface area contributed by atoms with Crippen LogP contribution in [0.5, 0.6) is 0 Å². The van der Waals surface area contributed by atoms with E-state index in [4.69, 9.17) is 5.84 Å². The lowest BCUT2D eigenvalue weighted by Gasteiger charge is -2.35. The van der Waals surface area contributed by atoms with E-state index in [1.807, 2.05) is 4.90 Å². The van der Waals surface area contributed by atoms with Gasteiger partial charge in [-0.05, 0) is 18.8 Å². The maximum atomic E-state index is 11.3. The van der Waals surface area contributed by atoms with Crippen molar-refractivity contribution in [3.05, 3.63) is 16.4 Å². The molecule has 0 bridgehead atoms. The molecular formula is C12H19N7O2. The third-order valence-corrected chi connectivity index (χ3v) is 4.01. The number of hydrogen-bond acceptors (Lipinski definition) is 8. The Bertz CT molecular complexity index is 526. The summed E-state index contributed by atoms with van der Waals surface area (Å²) in [6, 6.07) is 0. The van der Waals surface area contributed by atoms with Gasteiger partial charge in [0.15, 0.2) is 0 Å². The summed E-state index contributed by atoms with van der Waals surface area (Å²) in [7, 11) is 0. The molecule has 3 rings (SSSR count). The van der Waals surface area contributed by atoms with Crippen molar-refractivity contribution < 1.29 is 4.92 Å². The topological polar surface area (TPSA) is 113 Å². The summed E-state index contributed by atoms with van der Waals surface area (Å²) >= 11 is 0. The SMILES string of the molecule is NNc1ncnc(N2CCN(CC3CC3)CC2)c1[N+](=O)[O-]. The van der Waals surface area contributed by atoms with Crippen molar-refractivity contribution in [3.63, 3.8) is 0 Å². The quantitative estimate of drug-likeness (QED) is 0.450. The summed E-state index contributed by atoms with van der Waals surface area (Å²) in [6.45, 7) is 4.42. The minimum atomic E-state index is -0.485. The zero-order valence-corrected chi connectivity index (χ0v) is 11.7. The fraction of sp³-hybridized carbons (Fsp3) is 0.667. The van der Waals surface area contributed by atoms with Gasteiger partial charge in [-0.15, -0.1) is 0 Å². The van der Waals surface area contributed by atoms with Gasteiger partial charge in [0.1, 0.15) is 6.33 Å². The first kappa shape index (κ1) is 14.0. The predicted molar refractivity (Wildman–Crippen MR) is 77.9 cm³/mol. The number of nitrogen functional groups attached to an aromatic ring is 1. The van der Waals surface area contributed by atoms with Gasteiger partial charge in [-0.2, -0.15) is 0 Å². The number of hydrazine groups is 1. The lowest BCUT2D eigenvalue weighted by molar-refractivity contribution is -0.383. The van der Waals surface area contributed by atoms with Crippen molar-refractivity contribution >= 4 is 17.3 Å². The minimum Gasteiger partial charge on any atom is -0.348 e. The summed E-state index contributed by atoms with van der Waals surface area (Å²) in [4.78, 5) is 23.0. The average molecular weight is 293 g/mol. The maximum Gasteiger partial charge on any atom is 0.354 e. The number of hydrogen-bond donors (Lipinski definition) is 2. The molecule has 3 N–H and O–H groups in total. The number of anilines is 2. The number of rotatable bonds is 5. The average Bonchev–Trinajstić information content (AvgIpc) is 3.31. The molecule has 21 heavy (non-hydrogen) atoms. The van der Waals surface area contributed by atoms with Crippen molar-refractivity contribution in [3.8, 4) is 0 Å². The Morgan fingerprint density at radius 1 is 1.33 bits per heavy atom. The molecule has 0 radical (unpaired) electrons. The standard InChI is InChI=1S/C12H19N7O2/c13-16-11-10(19(20)21)12(15-8-14-11)18-5-3-17(4-6-18)7-9-1-2-9/h8-9H,1-7,13H2,(H,14,15,16). The highest BCUT2D eigenvalue weighted by Gasteiger charge is 2.30. The Morgan fingerprint density at radius 3 is 2.62 bits per heavy atom.